The molecule has 84 valence electrons. The molecule has 0 saturated carbocycles. The molecule has 0 aromatic carbocycles. The highest BCUT2D eigenvalue weighted by Crippen LogP contribution is 2.26. The van der Waals surface area contributed by atoms with Crippen molar-refractivity contribution in [1.82, 2.24) is 0 Å². The Labute approximate surface area is 85.4 Å². The average molecular weight is 231 g/mol. The van der Waals surface area contributed by atoms with Gasteiger partial charge in [-0.05, 0) is 0 Å². The highest BCUT2D eigenvalue weighted by Gasteiger charge is 2.41. The van der Waals surface area contributed by atoms with Gasteiger partial charge in [0.2, 0.25) is 0 Å². The smallest absolute Gasteiger partial charge is 0.393 e. The first kappa shape index (κ1) is 13.6. The van der Waals surface area contributed by atoms with Gasteiger partial charge in [-0.2, -0.15) is 13.2 Å². The number of hydrogen-bond donors (Lipinski definition) is 1. The number of rotatable bonds is 6. The summed E-state index contributed by atoms with van der Waals surface area (Å²) in [4.78, 5) is -0.602. The number of alkyl halides is 3. The zero-order chi connectivity index (χ0) is 11.2. The van der Waals surface area contributed by atoms with E-state index >= 15 is 0 Å². The molecule has 0 aliphatic heterocycles. The van der Waals surface area contributed by atoms with Crippen LogP contribution in [0.5, 0.6) is 0 Å². The molecule has 1 atom stereocenters. The van der Waals surface area contributed by atoms with Crippen molar-refractivity contribution in [2.24, 2.45) is 11.7 Å². The summed E-state index contributed by atoms with van der Waals surface area (Å²) in [5.74, 6) is -1.88. The van der Waals surface area contributed by atoms with Crippen molar-refractivity contribution in [3.05, 3.63) is 0 Å². The Morgan fingerprint density at radius 2 is 2.00 bits per heavy atom. The summed E-state index contributed by atoms with van der Waals surface area (Å²) in [7, 11) is 1.43. The lowest BCUT2D eigenvalue weighted by Gasteiger charge is -2.18. The van der Waals surface area contributed by atoms with Crippen LogP contribution < -0.4 is 5.73 Å². The lowest BCUT2D eigenvalue weighted by Crippen LogP contribution is -2.38. The van der Waals surface area contributed by atoms with E-state index in [9.17, 15) is 13.2 Å². The Bertz CT molecular complexity index is 186. The predicted octanol–water partition coefficient (Wildman–Crippen LogP) is 1.11. The maximum atomic E-state index is 12.2. The molecule has 0 amide bonds. The van der Waals surface area contributed by atoms with Crippen molar-refractivity contribution in [2.75, 3.05) is 26.9 Å². The Kier molecular flexibility index (Phi) is 5.98. The molecule has 14 heavy (non-hydrogen) atoms. The lowest BCUT2D eigenvalue weighted by molar-refractivity contribution is -0.168. The predicted molar refractivity (Wildman–Crippen MR) is 49.0 cm³/mol. The van der Waals surface area contributed by atoms with E-state index in [1.54, 1.807) is 0 Å². The van der Waals surface area contributed by atoms with Gasteiger partial charge in [0.05, 0.1) is 24.8 Å². The van der Waals surface area contributed by atoms with Crippen molar-refractivity contribution >= 4 is 17.2 Å². The summed E-state index contributed by atoms with van der Waals surface area (Å²) in [6, 6.07) is 0. The Morgan fingerprint density at radius 3 is 2.36 bits per heavy atom. The van der Waals surface area contributed by atoms with Crippen LogP contribution in [-0.2, 0) is 9.47 Å². The van der Waals surface area contributed by atoms with Gasteiger partial charge < -0.3 is 15.2 Å². The van der Waals surface area contributed by atoms with Crippen LogP contribution in [-0.4, -0.2) is 38.1 Å². The first-order chi connectivity index (χ1) is 6.39. The van der Waals surface area contributed by atoms with Crippen molar-refractivity contribution in [3.8, 4) is 0 Å². The van der Waals surface area contributed by atoms with E-state index in [2.05, 4.69) is 17.0 Å². The van der Waals surface area contributed by atoms with Crippen molar-refractivity contribution < 1.29 is 22.6 Å². The fourth-order valence-electron chi connectivity index (χ4n) is 0.681. The van der Waals surface area contributed by atoms with Crippen LogP contribution >= 0.6 is 12.2 Å². The number of halogens is 3. The topological polar surface area (TPSA) is 44.5 Å². The van der Waals surface area contributed by atoms with Crippen LogP contribution in [0.3, 0.4) is 0 Å². The number of thiocarbonyl (C=S) groups is 1. The molecule has 3 nitrogen and oxygen atoms in total. The maximum absolute atomic E-state index is 12.2. The molecule has 0 radical (unpaired) electrons. The maximum Gasteiger partial charge on any atom is 0.400 e. The molecule has 0 aromatic rings. The molecule has 0 saturated heterocycles. The van der Waals surface area contributed by atoms with Gasteiger partial charge in [0.25, 0.3) is 0 Å². The molecule has 0 rings (SSSR count). The summed E-state index contributed by atoms with van der Waals surface area (Å²) >= 11 is 4.29. The fraction of sp³-hybridized carbons (Fsp3) is 0.857. The normalized spacial score (nSPS) is 14.0. The molecule has 0 heterocycles. The van der Waals surface area contributed by atoms with E-state index in [0.29, 0.717) is 0 Å². The third kappa shape index (κ3) is 5.36. The minimum absolute atomic E-state index is 0.0890. The number of methoxy groups -OCH3 is 1. The van der Waals surface area contributed by atoms with E-state index < -0.39 is 23.7 Å². The summed E-state index contributed by atoms with van der Waals surface area (Å²) in [5, 5.41) is 0. The quantitative estimate of drug-likeness (QED) is 0.549. The van der Waals surface area contributed by atoms with E-state index in [1.165, 1.54) is 7.11 Å². The second-order valence-corrected chi connectivity index (χ2v) is 3.04. The van der Waals surface area contributed by atoms with Gasteiger partial charge >= 0.3 is 6.18 Å². The SMILES string of the molecule is COCCOCC(C(N)=S)C(F)(F)F. The highest BCUT2D eigenvalue weighted by atomic mass is 32.1. The van der Waals surface area contributed by atoms with Crippen LogP contribution in [0.1, 0.15) is 0 Å². The van der Waals surface area contributed by atoms with Crippen molar-refractivity contribution in [2.45, 2.75) is 6.18 Å². The molecule has 0 fully saturated rings. The van der Waals surface area contributed by atoms with Crippen LogP contribution in [0.25, 0.3) is 0 Å². The zero-order valence-electron chi connectivity index (χ0n) is 7.63. The molecule has 0 aliphatic rings. The van der Waals surface area contributed by atoms with Gasteiger partial charge in [0, 0.05) is 7.11 Å². The molecule has 0 aliphatic carbocycles. The van der Waals surface area contributed by atoms with Gasteiger partial charge in [-0.3, -0.25) is 0 Å². The summed E-state index contributed by atoms with van der Waals surface area (Å²) < 4.78 is 45.9. The number of ether oxygens (including phenoxy) is 2. The third-order valence-electron chi connectivity index (χ3n) is 1.45. The minimum Gasteiger partial charge on any atom is -0.393 e. The van der Waals surface area contributed by atoms with Gasteiger partial charge in [0.15, 0.2) is 0 Å². The van der Waals surface area contributed by atoms with Crippen molar-refractivity contribution in [3.63, 3.8) is 0 Å². The van der Waals surface area contributed by atoms with E-state index in [0.717, 1.165) is 0 Å². The number of nitrogens with two attached hydrogens (primary N) is 1. The Morgan fingerprint density at radius 1 is 1.43 bits per heavy atom. The zero-order valence-corrected chi connectivity index (χ0v) is 8.45. The highest BCUT2D eigenvalue weighted by molar-refractivity contribution is 7.80. The van der Waals surface area contributed by atoms with E-state index in [1.807, 2.05) is 0 Å². The summed E-state index contributed by atoms with van der Waals surface area (Å²) in [6.45, 7) is -0.226. The Balaban J connectivity index is 3.94. The monoisotopic (exact) mass is 231 g/mol. The van der Waals surface area contributed by atoms with Crippen LogP contribution in [0, 0.1) is 5.92 Å². The van der Waals surface area contributed by atoms with Gasteiger partial charge in [-0.1, -0.05) is 12.2 Å². The molecule has 0 aromatic heterocycles. The van der Waals surface area contributed by atoms with Crippen LogP contribution in [0.15, 0.2) is 0 Å². The first-order valence-corrected chi connectivity index (χ1v) is 4.23. The molecule has 7 heteroatoms. The number of hydrogen-bond acceptors (Lipinski definition) is 3. The molecule has 2 N–H and O–H groups in total. The molecule has 1 unspecified atom stereocenters. The van der Waals surface area contributed by atoms with E-state index in [-0.39, 0.29) is 13.2 Å². The summed E-state index contributed by atoms with van der Waals surface area (Å²) in [6.07, 6.45) is -4.45. The second-order valence-electron chi connectivity index (χ2n) is 2.56. The molecular formula is C7H12F3NO2S. The van der Waals surface area contributed by atoms with Gasteiger partial charge in [0.1, 0.15) is 5.92 Å². The molecule has 0 spiro atoms. The van der Waals surface area contributed by atoms with Gasteiger partial charge in [-0.15, -0.1) is 0 Å². The summed E-state index contributed by atoms with van der Waals surface area (Å²) in [5.41, 5.74) is 4.94. The first-order valence-electron chi connectivity index (χ1n) is 3.82. The molecule has 0 bridgehead atoms. The Hall–Kier alpha value is -0.400. The van der Waals surface area contributed by atoms with Crippen LogP contribution in [0.4, 0.5) is 13.2 Å². The standard InChI is InChI=1S/C7H12F3NO2S/c1-12-2-3-13-4-5(6(11)14)7(8,9)10/h5H,2-4H2,1H3,(H2,11,14). The average Bonchev–Trinajstić information content (AvgIpc) is 2.01. The van der Waals surface area contributed by atoms with E-state index in [4.69, 9.17) is 10.5 Å². The fourth-order valence-corrected chi connectivity index (χ4v) is 0.883. The third-order valence-corrected chi connectivity index (χ3v) is 1.74. The second kappa shape index (κ2) is 6.15. The largest absolute Gasteiger partial charge is 0.400 e. The minimum atomic E-state index is -4.45. The lowest BCUT2D eigenvalue weighted by atomic mass is 10.1. The van der Waals surface area contributed by atoms with Gasteiger partial charge in [-0.25, -0.2) is 0 Å². The molecular weight excluding hydrogens is 219 g/mol. The van der Waals surface area contributed by atoms with Crippen molar-refractivity contribution in [1.29, 1.82) is 0 Å². The van der Waals surface area contributed by atoms with Crippen LogP contribution in [0.2, 0.25) is 0 Å².